The van der Waals surface area contributed by atoms with E-state index in [1.54, 1.807) is 20.4 Å². The van der Waals surface area contributed by atoms with Crippen LogP contribution < -0.4 is 15.2 Å². The summed E-state index contributed by atoms with van der Waals surface area (Å²) in [6, 6.07) is 1.81. The van der Waals surface area contributed by atoms with Crippen LogP contribution in [0.4, 0.5) is 0 Å². The molecule has 0 unspecified atom stereocenters. The summed E-state index contributed by atoms with van der Waals surface area (Å²) in [5.74, 6) is 1.45. The molecule has 1 aromatic heterocycles. The Balaban J connectivity index is 2.82. The van der Waals surface area contributed by atoms with Crippen LogP contribution in [0.2, 0.25) is 0 Å². The normalized spacial score (nSPS) is 10.8. The molecule has 0 fully saturated rings. The van der Waals surface area contributed by atoms with Gasteiger partial charge in [0.25, 0.3) is 0 Å². The Morgan fingerprint density at radius 2 is 2.05 bits per heavy atom. The van der Waals surface area contributed by atoms with Crippen LogP contribution in [-0.4, -0.2) is 43.7 Å². The summed E-state index contributed by atoms with van der Waals surface area (Å²) < 4.78 is 10.7. The molecule has 0 bridgehead atoms. The average molecular weight is 267 g/mol. The predicted molar refractivity (Wildman–Crippen MR) is 76.6 cm³/mol. The summed E-state index contributed by atoms with van der Waals surface area (Å²) in [5.41, 5.74) is 6.49. The molecule has 2 N–H and O–H groups in total. The molecule has 0 aromatic carbocycles. The van der Waals surface area contributed by atoms with Crippen molar-refractivity contribution in [3.8, 4) is 11.5 Å². The molecule has 0 saturated carbocycles. The minimum atomic E-state index is 0.711. The first-order chi connectivity index (χ1) is 9.26. The minimum absolute atomic E-state index is 0.711. The fraction of sp³-hybridized carbons (Fsp3) is 0.643. The molecule has 0 aliphatic rings. The Kier molecular flexibility index (Phi) is 7.22. The highest BCUT2D eigenvalue weighted by Gasteiger charge is 2.14. The van der Waals surface area contributed by atoms with Gasteiger partial charge >= 0.3 is 0 Å². The van der Waals surface area contributed by atoms with Gasteiger partial charge in [-0.25, -0.2) is 0 Å². The number of hydrogen-bond acceptors (Lipinski definition) is 5. The van der Waals surface area contributed by atoms with Crippen LogP contribution in [0.1, 0.15) is 25.5 Å². The van der Waals surface area contributed by atoms with E-state index >= 15 is 0 Å². The van der Waals surface area contributed by atoms with Crippen LogP contribution in [-0.2, 0) is 6.54 Å². The SMILES string of the molecule is CCCN(CCCN)Cc1nccc(OC)c1OC. The third-order valence-electron chi connectivity index (χ3n) is 2.96. The second-order valence-corrected chi connectivity index (χ2v) is 4.41. The Labute approximate surface area is 115 Å². The first kappa shape index (κ1) is 15.7. The molecule has 0 amide bonds. The number of nitrogens with two attached hydrogens (primary N) is 1. The molecule has 0 aliphatic carbocycles. The van der Waals surface area contributed by atoms with E-state index in [1.807, 2.05) is 6.07 Å². The van der Waals surface area contributed by atoms with Crippen molar-refractivity contribution in [1.82, 2.24) is 9.88 Å². The van der Waals surface area contributed by atoms with Gasteiger partial charge in [0, 0.05) is 18.8 Å². The van der Waals surface area contributed by atoms with Crippen LogP contribution in [0.15, 0.2) is 12.3 Å². The van der Waals surface area contributed by atoms with Gasteiger partial charge in [0.05, 0.1) is 14.2 Å². The van der Waals surface area contributed by atoms with Gasteiger partial charge in [0.2, 0.25) is 0 Å². The predicted octanol–water partition coefficient (Wildman–Crippen LogP) is 1.66. The van der Waals surface area contributed by atoms with Gasteiger partial charge in [-0.1, -0.05) is 6.92 Å². The zero-order valence-corrected chi connectivity index (χ0v) is 12.2. The number of hydrogen-bond donors (Lipinski definition) is 1. The highest BCUT2D eigenvalue weighted by Crippen LogP contribution is 2.29. The van der Waals surface area contributed by atoms with E-state index in [2.05, 4.69) is 16.8 Å². The maximum atomic E-state index is 5.58. The van der Waals surface area contributed by atoms with E-state index in [1.165, 1.54) is 0 Å². The lowest BCUT2D eigenvalue weighted by Gasteiger charge is -2.22. The first-order valence-electron chi connectivity index (χ1n) is 6.75. The lowest BCUT2D eigenvalue weighted by Crippen LogP contribution is -2.27. The maximum absolute atomic E-state index is 5.58. The molecule has 0 saturated heterocycles. The maximum Gasteiger partial charge on any atom is 0.183 e. The first-order valence-corrected chi connectivity index (χ1v) is 6.75. The molecule has 0 atom stereocenters. The summed E-state index contributed by atoms with van der Waals surface area (Å²) in [6.45, 7) is 5.65. The van der Waals surface area contributed by atoms with Crippen LogP contribution in [0, 0.1) is 0 Å². The van der Waals surface area contributed by atoms with Gasteiger partial charge in [-0.05, 0) is 32.5 Å². The van der Waals surface area contributed by atoms with Crippen molar-refractivity contribution < 1.29 is 9.47 Å². The fourth-order valence-corrected chi connectivity index (χ4v) is 2.08. The molecular formula is C14H25N3O2. The van der Waals surface area contributed by atoms with Crippen LogP contribution in [0.5, 0.6) is 11.5 Å². The van der Waals surface area contributed by atoms with E-state index in [4.69, 9.17) is 15.2 Å². The fourth-order valence-electron chi connectivity index (χ4n) is 2.08. The molecule has 0 radical (unpaired) electrons. The zero-order chi connectivity index (χ0) is 14.1. The van der Waals surface area contributed by atoms with E-state index in [0.717, 1.165) is 49.7 Å². The Morgan fingerprint density at radius 1 is 1.26 bits per heavy atom. The van der Waals surface area contributed by atoms with Gasteiger partial charge in [-0.3, -0.25) is 9.88 Å². The molecule has 1 aromatic rings. The van der Waals surface area contributed by atoms with Gasteiger partial charge < -0.3 is 15.2 Å². The van der Waals surface area contributed by atoms with Gasteiger partial charge in [0.1, 0.15) is 5.69 Å². The van der Waals surface area contributed by atoms with Crippen molar-refractivity contribution in [2.24, 2.45) is 5.73 Å². The van der Waals surface area contributed by atoms with Crippen molar-refractivity contribution >= 4 is 0 Å². The zero-order valence-electron chi connectivity index (χ0n) is 12.2. The summed E-state index contributed by atoms with van der Waals surface area (Å²) >= 11 is 0. The third kappa shape index (κ3) is 4.69. The molecule has 5 nitrogen and oxygen atoms in total. The molecule has 1 heterocycles. The number of aromatic nitrogens is 1. The van der Waals surface area contributed by atoms with E-state index < -0.39 is 0 Å². The lowest BCUT2D eigenvalue weighted by atomic mass is 10.2. The summed E-state index contributed by atoms with van der Waals surface area (Å²) in [7, 11) is 3.28. The average Bonchev–Trinajstić information content (AvgIpc) is 2.44. The number of rotatable bonds is 9. The Bertz CT molecular complexity index is 372. The van der Waals surface area contributed by atoms with Crippen molar-refractivity contribution in [3.05, 3.63) is 18.0 Å². The van der Waals surface area contributed by atoms with Crippen molar-refractivity contribution in [2.75, 3.05) is 33.9 Å². The standard InChI is InChI=1S/C14H25N3O2/c1-4-9-17(10-5-7-15)11-12-14(19-3)13(18-2)6-8-16-12/h6,8H,4-5,7,9-11,15H2,1-3H3. The minimum Gasteiger partial charge on any atom is -0.493 e. The second kappa shape index (κ2) is 8.72. The molecule has 5 heteroatoms. The van der Waals surface area contributed by atoms with Gasteiger partial charge in [-0.15, -0.1) is 0 Å². The third-order valence-corrected chi connectivity index (χ3v) is 2.96. The number of nitrogens with zero attached hydrogens (tertiary/aromatic N) is 2. The summed E-state index contributed by atoms with van der Waals surface area (Å²) in [6.07, 6.45) is 3.85. The summed E-state index contributed by atoms with van der Waals surface area (Å²) in [5, 5.41) is 0. The van der Waals surface area contributed by atoms with Crippen LogP contribution in [0.3, 0.4) is 0 Å². The molecule has 1 rings (SSSR count). The van der Waals surface area contributed by atoms with E-state index in [0.29, 0.717) is 6.54 Å². The van der Waals surface area contributed by atoms with Crippen molar-refractivity contribution in [2.45, 2.75) is 26.3 Å². The second-order valence-electron chi connectivity index (χ2n) is 4.41. The molecular weight excluding hydrogens is 242 g/mol. The lowest BCUT2D eigenvalue weighted by molar-refractivity contribution is 0.254. The Morgan fingerprint density at radius 3 is 2.63 bits per heavy atom. The van der Waals surface area contributed by atoms with E-state index in [-0.39, 0.29) is 0 Å². The summed E-state index contributed by atoms with van der Waals surface area (Å²) in [4.78, 5) is 6.75. The number of methoxy groups -OCH3 is 2. The highest BCUT2D eigenvalue weighted by atomic mass is 16.5. The topological polar surface area (TPSA) is 60.6 Å². The van der Waals surface area contributed by atoms with Gasteiger partial charge in [0.15, 0.2) is 11.5 Å². The van der Waals surface area contributed by atoms with Crippen LogP contribution >= 0.6 is 0 Å². The molecule has 0 aliphatic heterocycles. The van der Waals surface area contributed by atoms with Crippen LogP contribution in [0.25, 0.3) is 0 Å². The quantitative estimate of drug-likeness (QED) is 0.737. The van der Waals surface area contributed by atoms with E-state index in [9.17, 15) is 0 Å². The molecule has 0 spiro atoms. The Hall–Kier alpha value is -1.33. The van der Waals surface area contributed by atoms with Crippen molar-refractivity contribution in [1.29, 1.82) is 0 Å². The highest BCUT2D eigenvalue weighted by molar-refractivity contribution is 5.42. The largest absolute Gasteiger partial charge is 0.493 e. The van der Waals surface area contributed by atoms with Crippen molar-refractivity contribution in [3.63, 3.8) is 0 Å². The number of pyridine rings is 1. The number of ether oxygens (including phenoxy) is 2. The molecule has 19 heavy (non-hydrogen) atoms. The smallest absolute Gasteiger partial charge is 0.183 e. The molecule has 108 valence electrons. The van der Waals surface area contributed by atoms with Gasteiger partial charge in [-0.2, -0.15) is 0 Å². The monoisotopic (exact) mass is 267 g/mol.